The molecule has 31 heavy (non-hydrogen) atoms. The zero-order chi connectivity index (χ0) is 22.5. The minimum Gasteiger partial charge on any atom is -0.478 e. The van der Waals surface area contributed by atoms with Crippen LogP contribution < -0.4 is 16.2 Å². The number of amides is 1. The number of benzene rings is 2. The molecule has 0 aliphatic heterocycles. The van der Waals surface area contributed by atoms with E-state index in [1.807, 2.05) is 0 Å². The number of carboxylic acids is 1. The number of hydrogen-bond acceptors (Lipinski definition) is 8. The molecule has 11 nitrogen and oxygen atoms in total. The number of carbonyl (C=O) groups is 2. The fourth-order valence-corrected chi connectivity index (χ4v) is 2.92. The third-order valence-corrected chi connectivity index (χ3v) is 4.42. The summed E-state index contributed by atoms with van der Waals surface area (Å²) in [6.07, 6.45) is 1.05. The lowest BCUT2D eigenvalue weighted by Crippen LogP contribution is -2.30. The van der Waals surface area contributed by atoms with E-state index in [4.69, 9.17) is 28.3 Å². The van der Waals surface area contributed by atoms with Crippen molar-refractivity contribution in [3.8, 4) is 0 Å². The van der Waals surface area contributed by atoms with Crippen molar-refractivity contribution in [2.24, 2.45) is 0 Å². The highest BCUT2D eigenvalue weighted by molar-refractivity contribution is 6.36. The van der Waals surface area contributed by atoms with Crippen LogP contribution in [-0.2, 0) is 0 Å². The Kier molecular flexibility index (Phi) is 6.48. The van der Waals surface area contributed by atoms with Crippen molar-refractivity contribution < 1.29 is 19.6 Å². The van der Waals surface area contributed by atoms with Gasteiger partial charge in [-0.15, -0.1) is 0 Å². The summed E-state index contributed by atoms with van der Waals surface area (Å²) in [7, 11) is 0. The largest absolute Gasteiger partial charge is 0.478 e. The topological polar surface area (TPSA) is 159 Å². The van der Waals surface area contributed by atoms with Crippen molar-refractivity contribution >= 4 is 58.1 Å². The van der Waals surface area contributed by atoms with Crippen LogP contribution in [0, 0.1) is 10.1 Å². The van der Waals surface area contributed by atoms with Crippen molar-refractivity contribution in [3.05, 3.63) is 80.1 Å². The molecule has 13 heteroatoms. The molecule has 0 atom stereocenters. The Morgan fingerprint density at radius 3 is 2.32 bits per heavy atom. The number of rotatable bonds is 7. The van der Waals surface area contributed by atoms with E-state index in [1.54, 1.807) is 0 Å². The standard InChI is InChI=1S/C18H12Cl2N6O5/c19-10-3-6-12(13(20)7-10)17(27)25-24-16-14(26(30)31)15(21-8-22-16)23-11-4-1-9(2-5-11)18(28)29/h1-8H,(H,25,27)(H,28,29)(H2,21,22,23,24). The SMILES string of the molecule is O=C(O)c1ccc(Nc2ncnc(NNC(=O)c3ccc(Cl)cc3Cl)c2[N+](=O)[O-])cc1. The molecule has 0 aliphatic rings. The van der Waals surface area contributed by atoms with Crippen LogP contribution in [0.4, 0.5) is 23.0 Å². The molecule has 3 rings (SSSR count). The Balaban J connectivity index is 1.82. The molecule has 1 heterocycles. The zero-order valence-electron chi connectivity index (χ0n) is 15.3. The first-order chi connectivity index (χ1) is 14.8. The summed E-state index contributed by atoms with van der Waals surface area (Å²) in [5.41, 5.74) is 4.61. The van der Waals surface area contributed by atoms with Crippen LogP contribution >= 0.6 is 23.2 Å². The predicted octanol–water partition coefficient (Wildman–Crippen LogP) is 3.89. The summed E-state index contributed by atoms with van der Waals surface area (Å²) in [5, 5.41) is 23.7. The highest BCUT2D eigenvalue weighted by Crippen LogP contribution is 2.31. The number of nitro groups is 1. The van der Waals surface area contributed by atoms with Gasteiger partial charge in [0.2, 0.25) is 11.6 Å². The van der Waals surface area contributed by atoms with Crippen LogP contribution in [0.5, 0.6) is 0 Å². The van der Waals surface area contributed by atoms with Gasteiger partial charge < -0.3 is 10.4 Å². The molecule has 0 saturated heterocycles. The Bertz CT molecular complexity index is 1170. The number of hydrazine groups is 1. The van der Waals surface area contributed by atoms with Crippen LogP contribution in [0.2, 0.25) is 10.0 Å². The summed E-state index contributed by atoms with van der Waals surface area (Å²) in [6.45, 7) is 0. The van der Waals surface area contributed by atoms with Crippen LogP contribution in [0.15, 0.2) is 48.8 Å². The van der Waals surface area contributed by atoms with Gasteiger partial charge in [-0.25, -0.2) is 14.8 Å². The van der Waals surface area contributed by atoms with Gasteiger partial charge in [-0.2, -0.15) is 0 Å². The first kappa shape index (κ1) is 21.7. The molecule has 0 fully saturated rings. The molecule has 1 amide bonds. The monoisotopic (exact) mass is 462 g/mol. The maximum absolute atomic E-state index is 12.3. The lowest BCUT2D eigenvalue weighted by molar-refractivity contribution is -0.383. The van der Waals surface area contributed by atoms with Gasteiger partial charge in [-0.1, -0.05) is 23.2 Å². The highest BCUT2D eigenvalue weighted by atomic mass is 35.5. The first-order valence-corrected chi connectivity index (χ1v) is 9.13. The number of nitrogens with one attached hydrogen (secondary N) is 3. The molecule has 158 valence electrons. The van der Waals surface area contributed by atoms with Gasteiger partial charge in [0.25, 0.3) is 5.91 Å². The number of nitrogens with zero attached hydrogens (tertiary/aromatic N) is 3. The average Bonchev–Trinajstić information content (AvgIpc) is 2.72. The number of carboxylic acid groups (broad SMARTS) is 1. The van der Waals surface area contributed by atoms with Crippen molar-refractivity contribution in [3.63, 3.8) is 0 Å². The van der Waals surface area contributed by atoms with Crippen LogP contribution in [-0.4, -0.2) is 31.9 Å². The molecule has 2 aromatic carbocycles. The van der Waals surface area contributed by atoms with Gasteiger partial charge in [-0.05, 0) is 42.5 Å². The van der Waals surface area contributed by atoms with Crippen molar-refractivity contribution in [2.75, 3.05) is 10.7 Å². The molecule has 0 saturated carbocycles. The number of hydrogen-bond donors (Lipinski definition) is 4. The molecule has 4 N–H and O–H groups in total. The summed E-state index contributed by atoms with van der Waals surface area (Å²) in [4.78, 5) is 41.8. The molecule has 0 aliphatic carbocycles. The van der Waals surface area contributed by atoms with E-state index >= 15 is 0 Å². The van der Waals surface area contributed by atoms with E-state index in [-0.39, 0.29) is 27.8 Å². The molecule has 0 spiro atoms. The molecule has 1 aromatic heterocycles. The van der Waals surface area contributed by atoms with Crippen LogP contribution in [0.3, 0.4) is 0 Å². The van der Waals surface area contributed by atoms with E-state index in [0.717, 1.165) is 6.33 Å². The highest BCUT2D eigenvalue weighted by Gasteiger charge is 2.24. The molecule has 3 aromatic rings. The zero-order valence-corrected chi connectivity index (χ0v) is 16.8. The van der Waals surface area contributed by atoms with Crippen LogP contribution in [0.1, 0.15) is 20.7 Å². The number of anilines is 3. The van der Waals surface area contributed by atoms with Crippen molar-refractivity contribution in [1.82, 2.24) is 15.4 Å². The quantitative estimate of drug-likeness (QED) is 0.301. The van der Waals surface area contributed by atoms with Crippen LogP contribution in [0.25, 0.3) is 0 Å². The molecule has 0 bridgehead atoms. The number of halogens is 2. The predicted molar refractivity (Wildman–Crippen MR) is 113 cm³/mol. The number of aromatic carboxylic acids is 1. The van der Waals surface area contributed by atoms with Gasteiger partial charge >= 0.3 is 11.7 Å². The van der Waals surface area contributed by atoms with Gasteiger partial charge in [0, 0.05) is 10.7 Å². The molecule has 0 radical (unpaired) electrons. The van der Waals surface area contributed by atoms with E-state index < -0.39 is 22.5 Å². The fourth-order valence-electron chi connectivity index (χ4n) is 2.42. The second-order valence-corrected chi connectivity index (χ2v) is 6.73. The normalized spacial score (nSPS) is 10.3. The fraction of sp³-hybridized carbons (Fsp3) is 0. The van der Waals surface area contributed by atoms with E-state index in [9.17, 15) is 19.7 Å². The van der Waals surface area contributed by atoms with Gasteiger partial charge in [0.1, 0.15) is 6.33 Å². The van der Waals surface area contributed by atoms with Crippen molar-refractivity contribution in [1.29, 1.82) is 0 Å². The maximum atomic E-state index is 12.3. The Morgan fingerprint density at radius 1 is 1.03 bits per heavy atom. The Hall–Kier alpha value is -3.96. The first-order valence-electron chi connectivity index (χ1n) is 8.37. The Morgan fingerprint density at radius 2 is 1.71 bits per heavy atom. The minimum atomic E-state index is -1.11. The molecule has 0 unspecified atom stereocenters. The second-order valence-electron chi connectivity index (χ2n) is 5.89. The summed E-state index contributed by atoms with van der Waals surface area (Å²) in [6, 6.07) is 9.74. The van der Waals surface area contributed by atoms with Gasteiger partial charge in [0.05, 0.1) is 21.1 Å². The smallest absolute Gasteiger partial charge is 0.355 e. The molecular weight excluding hydrogens is 451 g/mol. The van der Waals surface area contributed by atoms with E-state index in [1.165, 1.54) is 42.5 Å². The summed E-state index contributed by atoms with van der Waals surface area (Å²) in [5.74, 6) is -2.25. The number of aromatic nitrogens is 2. The van der Waals surface area contributed by atoms with Gasteiger partial charge in [0.15, 0.2) is 0 Å². The van der Waals surface area contributed by atoms with Crippen molar-refractivity contribution in [2.45, 2.75) is 0 Å². The van der Waals surface area contributed by atoms with E-state index in [2.05, 4.69) is 26.1 Å². The number of carbonyl (C=O) groups excluding carboxylic acids is 1. The van der Waals surface area contributed by atoms with Gasteiger partial charge in [-0.3, -0.25) is 25.8 Å². The lowest BCUT2D eigenvalue weighted by Gasteiger charge is -2.11. The average molecular weight is 463 g/mol. The third kappa shape index (κ3) is 5.15. The lowest BCUT2D eigenvalue weighted by atomic mass is 10.2. The molecular formula is C18H12Cl2N6O5. The maximum Gasteiger partial charge on any atom is 0.355 e. The summed E-state index contributed by atoms with van der Waals surface area (Å²) < 4.78 is 0. The summed E-state index contributed by atoms with van der Waals surface area (Å²) >= 11 is 11.8. The third-order valence-electron chi connectivity index (χ3n) is 3.87. The Labute approximate surface area is 184 Å². The second kappa shape index (κ2) is 9.24. The van der Waals surface area contributed by atoms with E-state index in [0.29, 0.717) is 10.7 Å². The minimum absolute atomic E-state index is 0.0497.